The number of methoxy groups -OCH3 is 1. The number of carbonyl (C=O) groups excluding carboxylic acids is 1. The second kappa shape index (κ2) is 7.05. The number of halogens is 2. The van der Waals surface area contributed by atoms with Crippen LogP contribution in [0.1, 0.15) is 12.5 Å². The van der Waals surface area contributed by atoms with E-state index in [0.717, 1.165) is 0 Å². The summed E-state index contributed by atoms with van der Waals surface area (Å²) in [6, 6.07) is 7.25. The van der Waals surface area contributed by atoms with Crippen molar-refractivity contribution >= 4 is 34.7 Å². The molecule has 0 bridgehead atoms. The van der Waals surface area contributed by atoms with E-state index in [1.807, 2.05) is 0 Å². The van der Waals surface area contributed by atoms with Crippen LogP contribution in [0.25, 0.3) is 5.57 Å². The van der Waals surface area contributed by atoms with Gasteiger partial charge >= 0.3 is 5.97 Å². The van der Waals surface area contributed by atoms with Gasteiger partial charge in [-0.1, -0.05) is 35.3 Å². The van der Waals surface area contributed by atoms with Crippen LogP contribution in [-0.4, -0.2) is 31.7 Å². The molecule has 1 aromatic rings. The van der Waals surface area contributed by atoms with Crippen molar-refractivity contribution in [1.82, 2.24) is 10.4 Å². The quantitative estimate of drug-likeness (QED) is 0.847. The van der Waals surface area contributed by atoms with Gasteiger partial charge in [0, 0.05) is 23.9 Å². The van der Waals surface area contributed by atoms with Gasteiger partial charge in [-0.3, -0.25) is 0 Å². The summed E-state index contributed by atoms with van der Waals surface area (Å²) in [6.07, 6.45) is 0. The number of carbonyl (C=O) groups is 1. The third-order valence-corrected chi connectivity index (χ3v) is 4.47. The van der Waals surface area contributed by atoms with Crippen LogP contribution in [0.4, 0.5) is 0 Å². The van der Waals surface area contributed by atoms with E-state index in [4.69, 9.17) is 27.9 Å². The number of benzene rings is 1. The van der Waals surface area contributed by atoms with E-state index >= 15 is 0 Å². The molecule has 0 saturated heterocycles. The van der Waals surface area contributed by atoms with E-state index in [9.17, 15) is 10.1 Å². The normalized spacial score (nSPS) is 14.9. The number of hydrazine groups is 1. The van der Waals surface area contributed by atoms with Gasteiger partial charge in [-0.25, -0.2) is 10.2 Å². The summed E-state index contributed by atoms with van der Waals surface area (Å²) in [7, 11) is 3.01. The molecule has 0 aromatic heterocycles. The fraction of sp³-hybridized carbons (Fsp3) is 0.250. The Morgan fingerprint density at radius 2 is 2.13 bits per heavy atom. The van der Waals surface area contributed by atoms with E-state index in [2.05, 4.69) is 11.5 Å². The molecular formula is C16H15Cl2N3O2. The van der Waals surface area contributed by atoms with Crippen LogP contribution in [-0.2, 0) is 9.53 Å². The Morgan fingerprint density at radius 1 is 1.43 bits per heavy atom. The molecule has 0 spiro atoms. The fourth-order valence-electron chi connectivity index (χ4n) is 2.51. The van der Waals surface area contributed by atoms with Crippen LogP contribution in [0.15, 0.2) is 35.0 Å². The smallest absolute Gasteiger partial charge is 0.340 e. The average Bonchev–Trinajstić information content (AvgIpc) is 2.56. The van der Waals surface area contributed by atoms with E-state index in [1.54, 1.807) is 37.2 Å². The number of nitrogens with one attached hydrogen (secondary N) is 1. The van der Waals surface area contributed by atoms with Gasteiger partial charge in [0.1, 0.15) is 0 Å². The number of nitriles is 1. The Hall–Kier alpha value is -2.00. The van der Waals surface area contributed by atoms with Gasteiger partial charge in [-0.05, 0) is 13.0 Å². The van der Waals surface area contributed by atoms with Crippen molar-refractivity contribution in [3.05, 3.63) is 50.7 Å². The first-order valence-corrected chi connectivity index (χ1v) is 7.54. The molecule has 1 aliphatic heterocycles. The molecule has 1 aliphatic rings. The molecule has 23 heavy (non-hydrogen) atoms. The summed E-state index contributed by atoms with van der Waals surface area (Å²) in [4.78, 5) is 12.3. The molecule has 0 fully saturated rings. The number of rotatable bonds is 3. The van der Waals surface area contributed by atoms with Crippen molar-refractivity contribution in [3.8, 4) is 6.07 Å². The van der Waals surface area contributed by atoms with Gasteiger partial charge in [0.05, 0.1) is 40.9 Å². The molecule has 1 aromatic carbocycles. The van der Waals surface area contributed by atoms with Crippen LogP contribution in [0.2, 0.25) is 10.0 Å². The summed E-state index contributed by atoms with van der Waals surface area (Å²) in [5, 5.41) is 11.9. The molecule has 1 heterocycles. The Bertz CT molecular complexity index is 763. The largest absolute Gasteiger partial charge is 0.465 e. The Morgan fingerprint density at radius 3 is 2.70 bits per heavy atom. The summed E-state index contributed by atoms with van der Waals surface area (Å²) < 4.78 is 4.90. The fourth-order valence-corrected chi connectivity index (χ4v) is 2.90. The monoisotopic (exact) mass is 351 g/mol. The first-order chi connectivity index (χ1) is 11.0. The van der Waals surface area contributed by atoms with Crippen molar-refractivity contribution in [2.75, 3.05) is 20.7 Å². The number of hydrogen-bond acceptors (Lipinski definition) is 5. The van der Waals surface area contributed by atoms with Crippen LogP contribution in [0, 0.1) is 11.3 Å². The van der Waals surface area contributed by atoms with Crippen molar-refractivity contribution in [2.45, 2.75) is 6.92 Å². The van der Waals surface area contributed by atoms with Gasteiger partial charge in [0.25, 0.3) is 0 Å². The number of esters is 1. The maximum absolute atomic E-state index is 12.3. The van der Waals surface area contributed by atoms with Gasteiger partial charge in [-0.2, -0.15) is 5.26 Å². The highest BCUT2D eigenvalue weighted by Gasteiger charge is 2.31. The zero-order valence-corrected chi connectivity index (χ0v) is 14.4. The molecule has 0 atom stereocenters. The van der Waals surface area contributed by atoms with Crippen LogP contribution >= 0.6 is 23.2 Å². The maximum atomic E-state index is 12.3. The zero-order valence-electron chi connectivity index (χ0n) is 12.9. The van der Waals surface area contributed by atoms with Gasteiger partial charge in [-0.15, -0.1) is 0 Å². The third kappa shape index (κ3) is 3.06. The van der Waals surface area contributed by atoms with E-state index in [0.29, 0.717) is 39.0 Å². The van der Waals surface area contributed by atoms with Crippen LogP contribution in [0.5, 0.6) is 0 Å². The topological polar surface area (TPSA) is 65.4 Å². The minimum Gasteiger partial charge on any atom is -0.465 e. The van der Waals surface area contributed by atoms with Crippen LogP contribution < -0.4 is 5.43 Å². The van der Waals surface area contributed by atoms with Crippen molar-refractivity contribution in [1.29, 1.82) is 5.26 Å². The van der Waals surface area contributed by atoms with E-state index in [1.165, 1.54) is 7.11 Å². The lowest BCUT2D eigenvalue weighted by Gasteiger charge is -2.32. The summed E-state index contributed by atoms with van der Waals surface area (Å²) in [5.41, 5.74) is 5.26. The van der Waals surface area contributed by atoms with Gasteiger partial charge in [0.15, 0.2) is 0 Å². The Labute approximate surface area is 144 Å². The zero-order chi connectivity index (χ0) is 17.1. The summed E-state index contributed by atoms with van der Waals surface area (Å²) in [6.45, 7) is 2.08. The molecule has 0 amide bonds. The van der Waals surface area contributed by atoms with E-state index < -0.39 is 5.97 Å². The molecule has 0 saturated carbocycles. The number of ether oxygens (including phenoxy) is 1. The van der Waals surface area contributed by atoms with Gasteiger partial charge < -0.3 is 9.75 Å². The second-order valence-electron chi connectivity index (χ2n) is 4.83. The molecule has 0 radical (unpaired) electrons. The second-order valence-corrected chi connectivity index (χ2v) is 5.61. The molecule has 0 aliphatic carbocycles. The highest BCUT2D eigenvalue weighted by molar-refractivity contribution is 6.43. The van der Waals surface area contributed by atoms with Gasteiger partial charge in [0.2, 0.25) is 0 Å². The predicted molar refractivity (Wildman–Crippen MR) is 89.5 cm³/mol. The minimum absolute atomic E-state index is 0.286. The molecule has 7 heteroatoms. The van der Waals surface area contributed by atoms with Crippen molar-refractivity contribution < 1.29 is 9.53 Å². The molecule has 5 nitrogen and oxygen atoms in total. The number of hydrogen-bond donors (Lipinski definition) is 1. The van der Waals surface area contributed by atoms with Crippen molar-refractivity contribution in [2.24, 2.45) is 0 Å². The first kappa shape index (κ1) is 17.4. The average molecular weight is 352 g/mol. The number of nitrogens with zero attached hydrogens (tertiary/aromatic N) is 2. The molecule has 120 valence electrons. The summed E-state index contributed by atoms with van der Waals surface area (Å²) >= 11 is 12.4. The SMILES string of the molecule is CNN1CC(C#N)=C(c2cccc(Cl)c2Cl)C(C(=O)OC)=C1C. The predicted octanol–water partition coefficient (Wildman–Crippen LogP) is 3.17. The highest BCUT2D eigenvalue weighted by atomic mass is 35.5. The lowest BCUT2D eigenvalue weighted by atomic mass is 9.89. The first-order valence-electron chi connectivity index (χ1n) is 6.78. The molecule has 0 unspecified atom stereocenters. The van der Waals surface area contributed by atoms with Crippen molar-refractivity contribution in [3.63, 3.8) is 0 Å². The van der Waals surface area contributed by atoms with E-state index in [-0.39, 0.29) is 5.57 Å². The molecular weight excluding hydrogens is 337 g/mol. The highest BCUT2D eigenvalue weighted by Crippen LogP contribution is 2.39. The molecule has 2 rings (SSSR count). The Kier molecular flexibility index (Phi) is 5.32. The summed E-state index contributed by atoms with van der Waals surface area (Å²) in [5.74, 6) is -0.541. The standard InChI is InChI=1S/C16H15Cl2N3O2/c1-9-13(16(22)23-3)14(10(7-19)8-21(9)20-2)11-5-4-6-12(17)15(11)18/h4-6,20H,8H2,1-3H3. The maximum Gasteiger partial charge on any atom is 0.340 e. The minimum atomic E-state index is -0.541. The van der Waals surface area contributed by atoms with Crippen LogP contribution in [0.3, 0.4) is 0 Å². The molecule has 1 N–H and O–H groups in total. The lowest BCUT2D eigenvalue weighted by Crippen LogP contribution is -2.39. The third-order valence-electron chi connectivity index (χ3n) is 3.65. The Balaban J connectivity index is 2.80. The lowest BCUT2D eigenvalue weighted by molar-refractivity contribution is -0.135. The number of allylic oxidation sites excluding steroid dienone is 1.